The summed E-state index contributed by atoms with van der Waals surface area (Å²) in [6, 6.07) is 25.2. The molecule has 31 heavy (non-hydrogen) atoms. The molecule has 1 N–H and O–H groups in total. The van der Waals surface area contributed by atoms with E-state index in [1.165, 1.54) is 24.3 Å². The minimum Gasteiger partial charge on any atom is -0.383 e. The summed E-state index contributed by atoms with van der Waals surface area (Å²) in [6.07, 6.45) is 0.783. The number of benzene rings is 4. The Morgan fingerprint density at radius 3 is 1.84 bits per heavy atom. The molecule has 0 spiro atoms. The maximum atomic E-state index is 14.9. The van der Waals surface area contributed by atoms with Crippen molar-refractivity contribution in [2.45, 2.75) is 13.3 Å². The van der Waals surface area contributed by atoms with Crippen LogP contribution < -0.4 is 5.32 Å². The first kappa shape index (κ1) is 20.7. The van der Waals surface area contributed by atoms with Crippen molar-refractivity contribution >= 4 is 5.69 Å². The average Bonchev–Trinajstić information content (AvgIpc) is 2.81. The molecule has 4 rings (SSSR count). The quantitative estimate of drug-likeness (QED) is 0.336. The van der Waals surface area contributed by atoms with E-state index < -0.39 is 17.5 Å². The first-order valence-electron chi connectivity index (χ1n) is 10.3. The summed E-state index contributed by atoms with van der Waals surface area (Å²) in [7, 11) is 0. The van der Waals surface area contributed by atoms with Crippen LogP contribution in [-0.4, -0.2) is 6.54 Å². The molecule has 4 aromatic rings. The van der Waals surface area contributed by atoms with E-state index >= 15 is 0 Å². The Kier molecular flexibility index (Phi) is 6.08. The lowest BCUT2D eigenvalue weighted by atomic mass is 9.97. The molecule has 0 aliphatic heterocycles. The molecule has 0 saturated carbocycles. The largest absolute Gasteiger partial charge is 0.383 e. The lowest BCUT2D eigenvalue weighted by molar-refractivity contribution is 0.512. The fraction of sp³-hybridized carbons (Fsp3) is 0.111. The second kappa shape index (κ2) is 9.09. The number of rotatable bonds is 6. The van der Waals surface area contributed by atoms with Gasteiger partial charge in [0.25, 0.3) is 0 Å². The molecular weight excluding hydrogens is 395 g/mol. The summed E-state index contributed by atoms with van der Waals surface area (Å²) in [5.41, 5.74) is 3.70. The van der Waals surface area contributed by atoms with Crippen LogP contribution in [0.15, 0.2) is 84.9 Å². The summed E-state index contributed by atoms with van der Waals surface area (Å²) in [6.45, 7) is 2.46. The van der Waals surface area contributed by atoms with Gasteiger partial charge in [0.2, 0.25) is 0 Å². The Hall–Kier alpha value is -3.53. The van der Waals surface area contributed by atoms with Gasteiger partial charge >= 0.3 is 0 Å². The molecule has 0 bridgehead atoms. The summed E-state index contributed by atoms with van der Waals surface area (Å²) in [5, 5.41) is 2.83. The van der Waals surface area contributed by atoms with Gasteiger partial charge in [-0.15, -0.1) is 0 Å². The van der Waals surface area contributed by atoms with E-state index in [0.717, 1.165) is 23.1 Å². The Morgan fingerprint density at radius 2 is 1.19 bits per heavy atom. The van der Waals surface area contributed by atoms with Crippen LogP contribution in [0.25, 0.3) is 33.4 Å². The first-order chi connectivity index (χ1) is 15.1. The maximum absolute atomic E-state index is 14.9. The fourth-order valence-electron chi connectivity index (χ4n) is 3.55. The summed E-state index contributed by atoms with van der Waals surface area (Å²) in [4.78, 5) is 0. The number of anilines is 1. The van der Waals surface area contributed by atoms with Crippen molar-refractivity contribution in [1.29, 1.82) is 0 Å². The lowest BCUT2D eigenvalue weighted by Gasteiger charge is -2.12. The first-order valence-corrected chi connectivity index (χ1v) is 10.3. The van der Waals surface area contributed by atoms with Gasteiger partial charge < -0.3 is 5.32 Å². The van der Waals surface area contributed by atoms with Crippen molar-refractivity contribution in [3.05, 3.63) is 102 Å². The molecule has 0 unspecified atom stereocenters. The van der Waals surface area contributed by atoms with Crippen LogP contribution in [0.4, 0.5) is 18.9 Å². The number of halogens is 3. The zero-order valence-electron chi connectivity index (χ0n) is 17.1. The van der Waals surface area contributed by atoms with Crippen molar-refractivity contribution in [3.8, 4) is 33.4 Å². The monoisotopic (exact) mass is 417 g/mol. The van der Waals surface area contributed by atoms with Gasteiger partial charge in [0, 0.05) is 17.7 Å². The van der Waals surface area contributed by atoms with Gasteiger partial charge in [-0.3, -0.25) is 0 Å². The predicted molar refractivity (Wildman–Crippen MR) is 121 cm³/mol. The van der Waals surface area contributed by atoms with Gasteiger partial charge in [-0.2, -0.15) is 0 Å². The van der Waals surface area contributed by atoms with Crippen LogP contribution in [0.1, 0.15) is 13.3 Å². The normalized spacial score (nSPS) is 10.8. The van der Waals surface area contributed by atoms with Gasteiger partial charge in [-0.1, -0.05) is 73.7 Å². The molecule has 0 atom stereocenters. The highest BCUT2D eigenvalue weighted by atomic mass is 19.2. The molecule has 1 nitrogen and oxygen atoms in total. The van der Waals surface area contributed by atoms with E-state index in [9.17, 15) is 13.2 Å². The molecule has 0 amide bonds. The van der Waals surface area contributed by atoms with E-state index in [1.54, 1.807) is 6.07 Å². The van der Waals surface area contributed by atoms with Gasteiger partial charge in [0.15, 0.2) is 11.6 Å². The fourth-order valence-corrected chi connectivity index (χ4v) is 3.55. The Labute approximate surface area is 180 Å². The van der Waals surface area contributed by atoms with Gasteiger partial charge in [-0.25, -0.2) is 13.2 Å². The topological polar surface area (TPSA) is 12.0 Å². The highest BCUT2D eigenvalue weighted by molar-refractivity contribution is 5.74. The number of hydrogen-bond donors (Lipinski definition) is 1. The Bertz CT molecular complexity index is 1190. The summed E-state index contributed by atoms with van der Waals surface area (Å²) < 4.78 is 43.8. The zero-order chi connectivity index (χ0) is 21.8. The molecule has 156 valence electrons. The SMILES string of the molecule is CCCNc1ccc(-c2ccc(-c3ccc(-c4ccccc4)cc3)cc2F)c(F)c1F. The van der Waals surface area contributed by atoms with Crippen molar-refractivity contribution in [3.63, 3.8) is 0 Å². The Morgan fingerprint density at radius 1 is 0.613 bits per heavy atom. The summed E-state index contributed by atoms with van der Waals surface area (Å²) in [5.74, 6) is -2.65. The summed E-state index contributed by atoms with van der Waals surface area (Å²) >= 11 is 0. The molecule has 0 aliphatic carbocycles. The van der Waals surface area contributed by atoms with Crippen molar-refractivity contribution < 1.29 is 13.2 Å². The maximum Gasteiger partial charge on any atom is 0.182 e. The van der Waals surface area contributed by atoms with Crippen LogP contribution in [0.3, 0.4) is 0 Å². The minimum atomic E-state index is -1.06. The smallest absolute Gasteiger partial charge is 0.182 e. The van der Waals surface area contributed by atoms with E-state index in [4.69, 9.17) is 0 Å². The van der Waals surface area contributed by atoms with E-state index in [2.05, 4.69) is 5.32 Å². The van der Waals surface area contributed by atoms with Crippen molar-refractivity contribution in [2.24, 2.45) is 0 Å². The molecule has 4 aromatic carbocycles. The van der Waals surface area contributed by atoms with Crippen LogP contribution in [-0.2, 0) is 0 Å². The van der Waals surface area contributed by atoms with E-state index in [-0.39, 0.29) is 16.8 Å². The minimum absolute atomic E-state index is 0.0306. The molecular formula is C27H22F3N. The highest BCUT2D eigenvalue weighted by Crippen LogP contribution is 2.33. The Balaban J connectivity index is 1.62. The second-order valence-corrected chi connectivity index (χ2v) is 7.35. The third-order valence-corrected chi connectivity index (χ3v) is 5.23. The van der Waals surface area contributed by atoms with Gasteiger partial charge in [-0.05, 0) is 46.9 Å². The standard InChI is InChI=1S/C27H22F3N/c1-2-16-31-25-15-14-23(26(29)27(25)30)22-13-12-21(17-24(22)28)20-10-8-19(9-11-20)18-6-4-3-5-7-18/h3-15,17,31H,2,16H2,1H3. The average molecular weight is 417 g/mol. The molecule has 4 heteroatoms. The third kappa shape index (κ3) is 4.33. The second-order valence-electron chi connectivity index (χ2n) is 7.35. The van der Waals surface area contributed by atoms with E-state index in [0.29, 0.717) is 12.1 Å². The van der Waals surface area contributed by atoms with Crippen LogP contribution in [0.2, 0.25) is 0 Å². The third-order valence-electron chi connectivity index (χ3n) is 5.23. The zero-order valence-corrected chi connectivity index (χ0v) is 17.1. The van der Waals surface area contributed by atoms with Crippen molar-refractivity contribution in [2.75, 3.05) is 11.9 Å². The predicted octanol–water partition coefficient (Wildman–Crippen LogP) is 7.93. The van der Waals surface area contributed by atoms with E-state index in [1.807, 2.05) is 61.5 Å². The molecule has 0 saturated heterocycles. The van der Waals surface area contributed by atoms with Crippen LogP contribution in [0.5, 0.6) is 0 Å². The van der Waals surface area contributed by atoms with Crippen molar-refractivity contribution in [1.82, 2.24) is 0 Å². The molecule has 0 radical (unpaired) electrons. The molecule has 0 heterocycles. The van der Waals surface area contributed by atoms with Gasteiger partial charge in [0.05, 0.1) is 5.69 Å². The van der Waals surface area contributed by atoms with Gasteiger partial charge in [0.1, 0.15) is 5.82 Å². The lowest BCUT2D eigenvalue weighted by Crippen LogP contribution is -2.04. The molecule has 0 aromatic heterocycles. The van der Waals surface area contributed by atoms with Crippen LogP contribution in [0, 0.1) is 17.5 Å². The number of nitrogens with one attached hydrogen (secondary N) is 1. The number of hydrogen-bond acceptors (Lipinski definition) is 1. The molecule has 0 fully saturated rings. The highest BCUT2D eigenvalue weighted by Gasteiger charge is 2.17. The molecule has 0 aliphatic rings. The van der Waals surface area contributed by atoms with Crippen LogP contribution >= 0.6 is 0 Å².